The Morgan fingerprint density at radius 1 is 0.660 bits per heavy atom. The number of hydrogen-bond acceptors (Lipinski definition) is 2. The maximum Gasteiger partial charge on any atom is 0.267 e. The third-order valence-corrected chi connectivity index (χ3v) is 9.07. The molecule has 0 unspecified atom stereocenters. The Kier molecular flexibility index (Phi) is 9.20. The van der Waals surface area contributed by atoms with Crippen LogP contribution >= 0.6 is 0 Å². The minimum Gasteiger partial charge on any atom is -0.510 e. The molecule has 7 rings (SSSR count). The third-order valence-electron chi connectivity index (χ3n) is 9.07. The van der Waals surface area contributed by atoms with Gasteiger partial charge in [0.2, 0.25) is 0 Å². The molecule has 258 valence electrons. The quantitative estimate of drug-likeness (QED) is 0.128. The van der Waals surface area contributed by atoms with E-state index in [2.05, 4.69) is 167 Å². The molecule has 0 N–H and O–H groups in total. The zero-order valence-electron chi connectivity index (χ0n) is 30.3. The molecular weight excluding hydrogens is 796 g/mol. The average Bonchev–Trinajstić information content (AvgIpc) is 3.65. The first-order valence-corrected chi connectivity index (χ1v) is 17.0. The first kappa shape index (κ1) is 35.4. The molecule has 0 saturated heterocycles. The summed E-state index contributed by atoms with van der Waals surface area (Å²) in [6.07, 6.45) is 7.67. The number of benzene rings is 4. The predicted molar refractivity (Wildman–Crippen MR) is 199 cm³/mol. The van der Waals surface area contributed by atoms with Crippen LogP contribution in [0.2, 0.25) is 0 Å². The molecule has 0 aliphatic heterocycles. The number of nitrogens with zero attached hydrogens (tertiary/aromatic N) is 4. The number of aromatic nitrogens is 4. The smallest absolute Gasteiger partial charge is 0.267 e. The molecule has 0 saturated carbocycles. The van der Waals surface area contributed by atoms with E-state index in [4.69, 9.17) is 9.72 Å². The molecule has 50 heavy (non-hydrogen) atoms. The molecule has 4 aromatic carbocycles. The number of hydrogen-bond donors (Lipinski definition) is 0. The molecule has 5 nitrogen and oxygen atoms in total. The van der Waals surface area contributed by atoms with Gasteiger partial charge in [0.1, 0.15) is 5.82 Å². The van der Waals surface area contributed by atoms with E-state index >= 15 is 0 Å². The second-order valence-electron chi connectivity index (χ2n) is 16.0. The van der Waals surface area contributed by atoms with Crippen LogP contribution in [0.25, 0.3) is 39.0 Å². The number of para-hydroxylation sites is 1. The summed E-state index contributed by atoms with van der Waals surface area (Å²) in [5.41, 5.74) is 7.45. The van der Waals surface area contributed by atoms with E-state index in [0.717, 1.165) is 44.7 Å². The van der Waals surface area contributed by atoms with Crippen LogP contribution in [-0.4, -0.2) is 14.1 Å². The van der Waals surface area contributed by atoms with Gasteiger partial charge < -0.3 is 13.9 Å². The monoisotopic (exact) mass is 839 g/mol. The van der Waals surface area contributed by atoms with E-state index in [9.17, 15) is 0 Å². The van der Waals surface area contributed by atoms with E-state index in [1.165, 1.54) is 11.1 Å². The molecule has 0 radical (unpaired) electrons. The van der Waals surface area contributed by atoms with Crippen molar-refractivity contribution in [2.45, 2.75) is 78.6 Å². The predicted octanol–water partition coefficient (Wildman–Crippen LogP) is 10.3. The summed E-state index contributed by atoms with van der Waals surface area (Å²) in [7, 11) is 0. The largest absolute Gasteiger partial charge is 0.510 e. The fourth-order valence-corrected chi connectivity index (χ4v) is 6.26. The molecule has 7 aromatic rings. The molecule has 0 aliphatic rings. The Bertz CT molecular complexity index is 2330. The first-order valence-electron chi connectivity index (χ1n) is 17.0. The van der Waals surface area contributed by atoms with Crippen LogP contribution in [-0.2, 0) is 37.3 Å². The standard InChI is InChI=1S/C44H44N4O.Pt/c1-42(2,3)30-14-12-15-32(24-30)46-28-40(44(7,8)9)47(29-46)33-16-13-17-34(26-33)49-35-20-21-37-36-18-10-11-19-38(36)48(39(37)27-35)41-25-31(22-23-45-41)43(4,5)6;/h10-25,28H,1-9H3;/q-2;. The Morgan fingerprint density at radius 3 is 2.10 bits per heavy atom. The second kappa shape index (κ2) is 13.0. The van der Waals surface area contributed by atoms with Crippen molar-refractivity contribution < 1.29 is 30.4 Å². The van der Waals surface area contributed by atoms with Gasteiger partial charge in [0.15, 0.2) is 0 Å². The van der Waals surface area contributed by atoms with Gasteiger partial charge in [-0.1, -0.05) is 98.2 Å². The van der Waals surface area contributed by atoms with E-state index in [0.29, 0.717) is 11.5 Å². The minimum atomic E-state index is -0.140. The van der Waals surface area contributed by atoms with Crippen LogP contribution in [0.1, 0.15) is 79.1 Å². The van der Waals surface area contributed by atoms with Crippen molar-refractivity contribution in [3.8, 4) is 28.7 Å². The second-order valence-corrected chi connectivity index (χ2v) is 16.0. The van der Waals surface area contributed by atoms with Gasteiger partial charge in [0.25, 0.3) is 6.33 Å². The van der Waals surface area contributed by atoms with Crippen molar-refractivity contribution in [3.63, 3.8) is 0 Å². The van der Waals surface area contributed by atoms with Gasteiger partial charge in [0, 0.05) is 50.5 Å². The fraction of sp³-hybridized carbons (Fsp3) is 0.273. The maximum atomic E-state index is 6.50. The van der Waals surface area contributed by atoms with Gasteiger partial charge in [-0.15, -0.1) is 29.7 Å². The topological polar surface area (TPSA) is 35.9 Å². The molecule has 0 amide bonds. The van der Waals surface area contributed by atoms with Crippen molar-refractivity contribution in [1.82, 2.24) is 14.1 Å². The van der Waals surface area contributed by atoms with Gasteiger partial charge in [-0.25, -0.2) is 4.98 Å². The van der Waals surface area contributed by atoms with Crippen molar-refractivity contribution >= 4 is 21.8 Å². The number of imidazole rings is 1. The fourth-order valence-electron chi connectivity index (χ4n) is 6.26. The van der Waals surface area contributed by atoms with Crippen molar-refractivity contribution in [3.05, 3.63) is 139 Å². The van der Waals surface area contributed by atoms with Crippen LogP contribution in [0, 0.1) is 18.5 Å². The molecule has 0 fully saturated rings. The Morgan fingerprint density at radius 2 is 1.36 bits per heavy atom. The summed E-state index contributed by atoms with van der Waals surface area (Å²) >= 11 is 0. The molecular formula is C44H44N4OPt-2. The van der Waals surface area contributed by atoms with E-state index in [1.54, 1.807) is 0 Å². The summed E-state index contributed by atoms with van der Waals surface area (Å²) in [4.78, 5) is 4.81. The summed E-state index contributed by atoms with van der Waals surface area (Å²) in [5.74, 6) is 2.07. The van der Waals surface area contributed by atoms with Gasteiger partial charge in [-0.2, -0.15) is 18.2 Å². The molecule has 0 aliphatic carbocycles. The average molecular weight is 840 g/mol. The van der Waals surface area contributed by atoms with Crippen LogP contribution < -0.4 is 9.30 Å². The zero-order valence-corrected chi connectivity index (χ0v) is 32.6. The van der Waals surface area contributed by atoms with Gasteiger partial charge in [0.05, 0.1) is 11.4 Å². The molecule has 0 bridgehead atoms. The van der Waals surface area contributed by atoms with Crippen LogP contribution in [0.3, 0.4) is 0 Å². The van der Waals surface area contributed by atoms with Crippen molar-refractivity contribution in [2.75, 3.05) is 0 Å². The number of ether oxygens (including phenoxy) is 1. The van der Waals surface area contributed by atoms with Crippen molar-refractivity contribution in [2.24, 2.45) is 0 Å². The number of fused-ring (bicyclic) bond motifs is 3. The van der Waals surface area contributed by atoms with Crippen LogP contribution in [0.5, 0.6) is 11.5 Å². The Balaban J connectivity index is 0.00000432. The van der Waals surface area contributed by atoms with E-state index in [1.807, 2.05) is 30.5 Å². The molecule has 3 aromatic heterocycles. The summed E-state index contributed by atoms with van der Waals surface area (Å²) in [5, 5.41) is 2.25. The number of pyridine rings is 1. The minimum absolute atomic E-state index is 0. The SMILES string of the molecule is CC(C)(C)c1cccc(-[n+]2[c-]n(-c3[c-]c(Oc4[c-]c5c(cc4)c4ccccc4n5-c4cc(C(C)(C)C)ccn4)ccc3)c(C(C)(C)C)c2)c1.[Pt]. The van der Waals surface area contributed by atoms with Gasteiger partial charge in [-0.3, -0.25) is 4.57 Å². The van der Waals surface area contributed by atoms with Gasteiger partial charge in [-0.05, 0) is 68.8 Å². The third kappa shape index (κ3) is 6.81. The van der Waals surface area contributed by atoms with Gasteiger partial charge >= 0.3 is 0 Å². The van der Waals surface area contributed by atoms with Crippen molar-refractivity contribution in [1.29, 1.82) is 0 Å². The molecule has 0 atom stereocenters. The molecule has 6 heteroatoms. The van der Waals surface area contributed by atoms with E-state index < -0.39 is 0 Å². The number of rotatable bonds is 5. The molecule has 3 heterocycles. The summed E-state index contributed by atoms with van der Waals surface area (Å²) in [6, 6.07) is 38.6. The van der Waals surface area contributed by atoms with Crippen LogP contribution in [0.15, 0.2) is 103 Å². The zero-order chi connectivity index (χ0) is 34.7. The molecule has 0 spiro atoms. The maximum absolute atomic E-state index is 6.50. The summed E-state index contributed by atoms with van der Waals surface area (Å²) in [6.45, 7) is 20.0. The first-order chi connectivity index (χ1) is 23.2. The Labute approximate surface area is 310 Å². The Hall–Kier alpha value is -4.47. The van der Waals surface area contributed by atoms with E-state index in [-0.39, 0.29) is 37.3 Å². The summed E-state index contributed by atoms with van der Waals surface area (Å²) < 4.78 is 12.9. The van der Waals surface area contributed by atoms with Crippen LogP contribution in [0.4, 0.5) is 0 Å². The normalized spacial score (nSPS) is 12.3.